The highest BCUT2D eigenvalue weighted by Gasteiger charge is 2.27. The summed E-state index contributed by atoms with van der Waals surface area (Å²) in [5, 5.41) is 5.21. The number of anilines is 1. The van der Waals surface area contributed by atoms with Crippen LogP contribution in [0, 0.1) is 0 Å². The average molecular weight is 423 g/mol. The fourth-order valence-electron chi connectivity index (χ4n) is 3.89. The number of aromatic nitrogens is 4. The standard InChI is InChI=1S/C23H30N6O2/c1-16(31-18-8-6-17(7-9-18)23(2,3)4)22(30)29-12-10-28(11-13-29)21-19-14-26-27(5)20(19)24-15-25-21/h6-9,14-16H,10-13H2,1-5H3. The van der Waals surface area contributed by atoms with Crippen molar-refractivity contribution in [2.45, 2.75) is 39.2 Å². The van der Waals surface area contributed by atoms with Crippen molar-refractivity contribution in [1.29, 1.82) is 0 Å². The van der Waals surface area contributed by atoms with Gasteiger partial charge in [0.2, 0.25) is 0 Å². The Hall–Kier alpha value is -3.16. The molecular formula is C23H30N6O2. The molecule has 2 aromatic heterocycles. The fraction of sp³-hybridized carbons (Fsp3) is 0.478. The van der Waals surface area contributed by atoms with Crippen molar-refractivity contribution in [2.75, 3.05) is 31.1 Å². The van der Waals surface area contributed by atoms with E-state index in [9.17, 15) is 4.79 Å². The summed E-state index contributed by atoms with van der Waals surface area (Å²) in [5.41, 5.74) is 2.13. The summed E-state index contributed by atoms with van der Waals surface area (Å²) in [7, 11) is 1.87. The lowest BCUT2D eigenvalue weighted by Crippen LogP contribution is -2.52. The minimum atomic E-state index is -0.531. The molecule has 0 saturated carbocycles. The third kappa shape index (κ3) is 4.33. The largest absolute Gasteiger partial charge is 0.481 e. The van der Waals surface area contributed by atoms with E-state index in [2.05, 4.69) is 52.9 Å². The van der Waals surface area contributed by atoms with E-state index < -0.39 is 6.10 Å². The van der Waals surface area contributed by atoms with Gasteiger partial charge in [-0.15, -0.1) is 0 Å². The van der Waals surface area contributed by atoms with Gasteiger partial charge in [-0.25, -0.2) is 9.97 Å². The highest BCUT2D eigenvalue weighted by molar-refractivity contribution is 5.87. The van der Waals surface area contributed by atoms with Crippen LogP contribution in [0.3, 0.4) is 0 Å². The van der Waals surface area contributed by atoms with Crippen LogP contribution in [0.4, 0.5) is 5.82 Å². The Bertz CT molecular complexity index is 1060. The van der Waals surface area contributed by atoms with Crippen molar-refractivity contribution in [2.24, 2.45) is 7.05 Å². The van der Waals surface area contributed by atoms with Crippen LogP contribution < -0.4 is 9.64 Å². The number of piperazine rings is 1. The quantitative estimate of drug-likeness (QED) is 0.644. The van der Waals surface area contributed by atoms with Crippen molar-refractivity contribution in [1.82, 2.24) is 24.6 Å². The van der Waals surface area contributed by atoms with E-state index in [-0.39, 0.29) is 11.3 Å². The normalized spacial score (nSPS) is 15.9. The molecule has 1 aromatic carbocycles. The first-order valence-electron chi connectivity index (χ1n) is 10.7. The molecule has 0 N–H and O–H groups in total. The fourth-order valence-corrected chi connectivity index (χ4v) is 3.89. The lowest BCUT2D eigenvalue weighted by molar-refractivity contribution is -0.138. The van der Waals surface area contributed by atoms with E-state index in [0.717, 1.165) is 16.9 Å². The smallest absolute Gasteiger partial charge is 0.263 e. The lowest BCUT2D eigenvalue weighted by Gasteiger charge is -2.36. The molecule has 164 valence electrons. The second kappa shape index (κ2) is 8.17. The van der Waals surface area contributed by atoms with Crippen molar-refractivity contribution < 1.29 is 9.53 Å². The summed E-state index contributed by atoms with van der Waals surface area (Å²) in [4.78, 5) is 25.8. The Morgan fingerprint density at radius 2 is 1.74 bits per heavy atom. The molecular weight excluding hydrogens is 392 g/mol. The maximum absolute atomic E-state index is 12.9. The molecule has 1 unspecified atom stereocenters. The molecule has 1 aliphatic rings. The maximum Gasteiger partial charge on any atom is 0.263 e. The number of carbonyl (C=O) groups excluding carboxylic acids is 1. The predicted octanol–water partition coefficient (Wildman–Crippen LogP) is 2.78. The number of carbonyl (C=O) groups is 1. The number of rotatable bonds is 4. The Balaban J connectivity index is 1.36. The summed E-state index contributed by atoms with van der Waals surface area (Å²) in [6, 6.07) is 8.01. The zero-order valence-electron chi connectivity index (χ0n) is 18.9. The summed E-state index contributed by atoms with van der Waals surface area (Å²) in [6.07, 6.45) is 2.83. The molecule has 1 aliphatic heterocycles. The van der Waals surface area contributed by atoms with Gasteiger partial charge in [0.1, 0.15) is 17.9 Å². The highest BCUT2D eigenvalue weighted by atomic mass is 16.5. The van der Waals surface area contributed by atoms with E-state index in [1.165, 1.54) is 5.56 Å². The van der Waals surface area contributed by atoms with E-state index >= 15 is 0 Å². The van der Waals surface area contributed by atoms with Crippen LogP contribution in [0.5, 0.6) is 5.75 Å². The van der Waals surface area contributed by atoms with E-state index in [4.69, 9.17) is 4.74 Å². The number of hydrogen-bond acceptors (Lipinski definition) is 6. The number of fused-ring (bicyclic) bond motifs is 1. The Labute approximate surface area is 182 Å². The van der Waals surface area contributed by atoms with Crippen LogP contribution >= 0.6 is 0 Å². The number of aryl methyl sites for hydroxylation is 1. The van der Waals surface area contributed by atoms with E-state index in [1.807, 2.05) is 31.0 Å². The number of ether oxygens (including phenoxy) is 1. The SMILES string of the molecule is CC(Oc1ccc(C(C)(C)C)cc1)C(=O)N1CCN(c2ncnc3c2cnn3C)CC1. The summed E-state index contributed by atoms with van der Waals surface area (Å²) >= 11 is 0. The number of nitrogens with zero attached hydrogens (tertiary/aromatic N) is 6. The third-order valence-electron chi connectivity index (χ3n) is 5.78. The first-order chi connectivity index (χ1) is 14.7. The van der Waals surface area contributed by atoms with Gasteiger partial charge in [-0.05, 0) is 30.0 Å². The summed E-state index contributed by atoms with van der Waals surface area (Å²) in [5.74, 6) is 1.59. The Morgan fingerprint density at radius 1 is 1.06 bits per heavy atom. The van der Waals surface area contributed by atoms with Gasteiger partial charge in [-0.1, -0.05) is 32.9 Å². The minimum Gasteiger partial charge on any atom is -0.481 e. The molecule has 0 radical (unpaired) electrons. The Kier molecular flexibility index (Phi) is 5.56. The van der Waals surface area contributed by atoms with Crippen LogP contribution in [0.15, 0.2) is 36.8 Å². The molecule has 8 heteroatoms. The molecule has 0 aliphatic carbocycles. The number of hydrogen-bond donors (Lipinski definition) is 0. The van der Waals surface area contributed by atoms with E-state index in [1.54, 1.807) is 17.2 Å². The molecule has 1 fully saturated rings. The monoisotopic (exact) mass is 422 g/mol. The summed E-state index contributed by atoms with van der Waals surface area (Å²) < 4.78 is 7.68. The molecule has 4 rings (SSSR count). The molecule has 3 heterocycles. The van der Waals surface area contributed by atoms with Crippen LogP contribution in [-0.4, -0.2) is 62.8 Å². The number of amides is 1. The van der Waals surface area contributed by atoms with Crippen molar-refractivity contribution in [3.63, 3.8) is 0 Å². The van der Waals surface area contributed by atoms with Gasteiger partial charge in [-0.3, -0.25) is 9.48 Å². The second-order valence-electron chi connectivity index (χ2n) is 9.05. The van der Waals surface area contributed by atoms with Gasteiger partial charge in [-0.2, -0.15) is 5.10 Å². The van der Waals surface area contributed by atoms with Crippen LogP contribution in [0.1, 0.15) is 33.3 Å². The lowest BCUT2D eigenvalue weighted by atomic mass is 9.87. The first kappa shape index (κ1) is 21.1. The van der Waals surface area contributed by atoms with Gasteiger partial charge < -0.3 is 14.5 Å². The topological polar surface area (TPSA) is 76.4 Å². The molecule has 1 saturated heterocycles. The van der Waals surface area contributed by atoms with Gasteiger partial charge >= 0.3 is 0 Å². The second-order valence-corrected chi connectivity index (χ2v) is 9.05. The molecule has 31 heavy (non-hydrogen) atoms. The van der Waals surface area contributed by atoms with Crippen LogP contribution in [-0.2, 0) is 17.3 Å². The molecule has 0 bridgehead atoms. The van der Waals surface area contributed by atoms with Gasteiger partial charge in [0.05, 0.1) is 11.6 Å². The van der Waals surface area contributed by atoms with Gasteiger partial charge in [0.25, 0.3) is 5.91 Å². The zero-order chi connectivity index (χ0) is 22.2. The van der Waals surface area contributed by atoms with Crippen LogP contribution in [0.25, 0.3) is 11.0 Å². The zero-order valence-corrected chi connectivity index (χ0v) is 18.9. The molecule has 1 amide bonds. The van der Waals surface area contributed by atoms with E-state index in [0.29, 0.717) is 31.9 Å². The van der Waals surface area contributed by atoms with Crippen molar-refractivity contribution in [3.8, 4) is 5.75 Å². The summed E-state index contributed by atoms with van der Waals surface area (Å²) in [6.45, 7) is 11.0. The highest BCUT2D eigenvalue weighted by Crippen LogP contribution is 2.26. The van der Waals surface area contributed by atoms with Crippen LogP contribution in [0.2, 0.25) is 0 Å². The molecule has 3 aromatic rings. The Morgan fingerprint density at radius 3 is 2.39 bits per heavy atom. The van der Waals surface area contributed by atoms with Crippen molar-refractivity contribution in [3.05, 3.63) is 42.4 Å². The molecule has 8 nitrogen and oxygen atoms in total. The molecule has 0 spiro atoms. The number of benzene rings is 1. The van der Waals surface area contributed by atoms with Crippen molar-refractivity contribution >= 4 is 22.8 Å². The third-order valence-corrected chi connectivity index (χ3v) is 5.78. The minimum absolute atomic E-state index is 0.00811. The maximum atomic E-state index is 12.9. The molecule has 1 atom stereocenters. The first-order valence-corrected chi connectivity index (χ1v) is 10.7. The predicted molar refractivity (Wildman–Crippen MR) is 120 cm³/mol. The van der Waals surface area contributed by atoms with Gasteiger partial charge in [0.15, 0.2) is 11.8 Å². The van der Waals surface area contributed by atoms with Gasteiger partial charge in [0, 0.05) is 33.2 Å². The average Bonchev–Trinajstić information content (AvgIpc) is 3.14.